The third kappa shape index (κ3) is 5.21. The van der Waals surface area contributed by atoms with Gasteiger partial charge in [-0.3, -0.25) is 4.99 Å². The molecule has 2 heterocycles. The Balaban J connectivity index is 1.86. The van der Waals surface area contributed by atoms with Gasteiger partial charge in [0.05, 0.1) is 18.8 Å². The van der Waals surface area contributed by atoms with Crippen molar-refractivity contribution in [3.63, 3.8) is 0 Å². The van der Waals surface area contributed by atoms with Crippen LogP contribution in [0.2, 0.25) is 0 Å². The fourth-order valence-corrected chi connectivity index (χ4v) is 2.84. The predicted octanol–water partition coefficient (Wildman–Crippen LogP) is 2.42. The van der Waals surface area contributed by atoms with Crippen LogP contribution in [0.4, 0.5) is 0 Å². The van der Waals surface area contributed by atoms with Gasteiger partial charge >= 0.3 is 0 Å². The van der Waals surface area contributed by atoms with Crippen molar-refractivity contribution in [3.8, 4) is 5.88 Å². The zero-order valence-corrected chi connectivity index (χ0v) is 14.8. The van der Waals surface area contributed by atoms with E-state index in [2.05, 4.69) is 32.5 Å². The molecule has 0 aromatic carbocycles. The molecule has 0 aliphatic heterocycles. The molecule has 0 saturated carbocycles. The van der Waals surface area contributed by atoms with E-state index in [4.69, 9.17) is 4.74 Å². The monoisotopic (exact) mass is 333 g/mol. The van der Waals surface area contributed by atoms with Gasteiger partial charge < -0.3 is 15.4 Å². The van der Waals surface area contributed by atoms with E-state index in [0.717, 1.165) is 22.2 Å². The highest BCUT2D eigenvalue weighted by Gasteiger charge is 2.05. The second kappa shape index (κ2) is 8.47. The summed E-state index contributed by atoms with van der Waals surface area (Å²) in [5.74, 6) is 1.38. The summed E-state index contributed by atoms with van der Waals surface area (Å²) in [5.41, 5.74) is 2.18. The van der Waals surface area contributed by atoms with Gasteiger partial charge in [0, 0.05) is 30.7 Å². The van der Waals surface area contributed by atoms with Crippen molar-refractivity contribution in [1.82, 2.24) is 20.6 Å². The normalized spacial score (nSPS) is 11.4. The van der Waals surface area contributed by atoms with Gasteiger partial charge in [0.1, 0.15) is 5.01 Å². The van der Waals surface area contributed by atoms with Crippen LogP contribution in [0.15, 0.2) is 23.3 Å². The van der Waals surface area contributed by atoms with Crippen LogP contribution in [0.3, 0.4) is 0 Å². The summed E-state index contributed by atoms with van der Waals surface area (Å²) in [5, 5.41) is 7.62. The lowest BCUT2D eigenvalue weighted by atomic mass is 10.2. The predicted molar refractivity (Wildman–Crippen MR) is 94.0 cm³/mol. The van der Waals surface area contributed by atoms with Crippen LogP contribution >= 0.6 is 11.3 Å². The average molecular weight is 333 g/mol. The molecule has 23 heavy (non-hydrogen) atoms. The topological polar surface area (TPSA) is 71.4 Å². The third-order valence-corrected chi connectivity index (χ3v) is 4.33. The smallest absolute Gasteiger partial charge is 0.213 e. The van der Waals surface area contributed by atoms with Gasteiger partial charge in [0.25, 0.3) is 0 Å². The van der Waals surface area contributed by atoms with Crippen molar-refractivity contribution in [3.05, 3.63) is 39.5 Å². The second-order valence-electron chi connectivity index (χ2n) is 4.96. The standard InChI is InChI=1S/C16H23N5OS/c1-5-22-14-8-13(6-7-18-14)9-19-16(17-4)20-10-15-21-11(2)12(3)23-15/h6-8H,5,9-10H2,1-4H3,(H2,17,19,20). The van der Waals surface area contributed by atoms with E-state index in [1.807, 2.05) is 26.0 Å². The van der Waals surface area contributed by atoms with Crippen LogP contribution in [-0.4, -0.2) is 29.6 Å². The summed E-state index contributed by atoms with van der Waals surface area (Å²) in [6.07, 6.45) is 1.75. The van der Waals surface area contributed by atoms with Crippen LogP contribution in [0.1, 0.15) is 28.1 Å². The molecule has 2 aromatic rings. The molecule has 0 spiro atoms. The highest BCUT2D eigenvalue weighted by atomic mass is 32.1. The Kier molecular flexibility index (Phi) is 6.34. The first-order chi connectivity index (χ1) is 11.1. The number of hydrogen-bond donors (Lipinski definition) is 2. The molecule has 2 N–H and O–H groups in total. The Morgan fingerprint density at radius 2 is 2.09 bits per heavy atom. The van der Waals surface area contributed by atoms with E-state index < -0.39 is 0 Å². The van der Waals surface area contributed by atoms with Gasteiger partial charge in [-0.2, -0.15) is 0 Å². The summed E-state index contributed by atoms with van der Waals surface area (Å²) >= 11 is 1.71. The van der Waals surface area contributed by atoms with Crippen molar-refractivity contribution >= 4 is 17.3 Å². The Labute approximate surface area is 141 Å². The van der Waals surface area contributed by atoms with Gasteiger partial charge in [-0.15, -0.1) is 11.3 Å². The molecule has 0 aliphatic carbocycles. The molecular formula is C16H23N5OS. The first-order valence-corrected chi connectivity index (χ1v) is 8.39. The Bertz CT molecular complexity index is 649. The minimum absolute atomic E-state index is 0.611. The number of aliphatic imine (C=N–C) groups is 1. The SMILES string of the molecule is CCOc1cc(CNC(=NC)NCc2nc(C)c(C)s2)ccn1. The lowest BCUT2D eigenvalue weighted by Crippen LogP contribution is -2.36. The first kappa shape index (κ1) is 17.2. The van der Waals surface area contributed by atoms with Gasteiger partial charge in [0.2, 0.25) is 5.88 Å². The molecule has 0 saturated heterocycles. The maximum absolute atomic E-state index is 5.41. The molecule has 0 fully saturated rings. The molecule has 0 radical (unpaired) electrons. The van der Waals surface area contributed by atoms with Gasteiger partial charge in [0.15, 0.2) is 5.96 Å². The summed E-state index contributed by atoms with van der Waals surface area (Å²) in [6.45, 7) is 7.99. The number of nitrogens with zero attached hydrogens (tertiary/aromatic N) is 3. The van der Waals surface area contributed by atoms with Gasteiger partial charge in [-0.05, 0) is 32.4 Å². The summed E-state index contributed by atoms with van der Waals surface area (Å²) in [4.78, 5) is 14.2. The highest BCUT2D eigenvalue weighted by molar-refractivity contribution is 7.11. The average Bonchev–Trinajstić information content (AvgIpc) is 2.87. The fraction of sp³-hybridized carbons (Fsp3) is 0.438. The van der Waals surface area contributed by atoms with Crippen molar-refractivity contribution in [1.29, 1.82) is 0 Å². The molecule has 7 heteroatoms. The number of thiazole rings is 1. The lowest BCUT2D eigenvalue weighted by molar-refractivity contribution is 0.326. The number of guanidine groups is 1. The van der Waals surface area contributed by atoms with Crippen molar-refractivity contribution in [2.75, 3.05) is 13.7 Å². The maximum Gasteiger partial charge on any atom is 0.213 e. The van der Waals surface area contributed by atoms with E-state index in [0.29, 0.717) is 25.6 Å². The third-order valence-electron chi connectivity index (χ3n) is 3.25. The van der Waals surface area contributed by atoms with E-state index in [-0.39, 0.29) is 0 Å². The molecule has 0 bridgehead atoms. The van der Waals surface area contributed by atoms with E-state index in [1.165, 1.54) is 4.88 Å². The number of pyridine rings is 1. The molecule has 0 atom stereocenters. The van der Waals surface area contributed by atoms with Crippen molar-refractivity contribution in [2.24, 2.45) is 4.99 Å². The highest BCUT2D eigenvalue weighted by Crippen LogP contribution is 2.15. The Morgan fingerprint density at radius 1 is 1.30 bits per heavy atom. The van der Waals surface area contributed by atoms with E-state index >= 15 is 0 Å². The second-order valence-corrected chi connectivity index (χ2v) is 6.25. The van der Waals surface area contributed by atoms with Crippen LogP contribution in [0.5, 0.6) is 5.88 Å². The minimum Gasteiger partial charge on any atom is -0.478 e. The summed E-state index contributed by atoms with van der Waals surface area (Å²) in [6, 6.07) is 3.88. The Morgan fingerprint density at radius 3 is 2.74 bits per heavy atom. The molecule has 2 rings (SSSR count). The zero-order chi connectivity index (χ0) is 16.7. The molecule has 0 unspecified atom stereocenters. The number of aryl methyl sites for hydroxylation is 2. The Hall–Kier alpha value is -2.15. The van der Waals surface area contributed by atoms with E-state index in [9.17, 15) is 0 Å². The zero-order valence-electron chi connectivity index (χ0n) is 14.0. The molecule has 2 aromatic heterocycles. The molecule has 6 nitrogen and oxygen atoms in total. The first-order valence-electron chi connectivity index (χ1n) is 7.57. The van der Waals surface area contributed by atoms with Crippen LogP contribution < -0.4 is 15.4 Å². The molecular weight excluding hydrogens is 310 g/mol. The van der Waals surface area contributed by atoms with Crippen molar-refractivity contribution in [2.45, 2.75) is 33.9 Å². The van der Waals surface area contributed by atoms with Crippen LogP contribution in [-0.2, 0) is 13.1 Å². The minimum atomic E-state index is 0.611. The number of nitrogens with one attached hydrogen (secondary N) is 2. The molecule has 124 valence electrons. The summed E-state index contributed by atoms with van der Waals surface area (Å²) < 4.78 is 5.41. The molecule has 0 amide bonds. The number of hydrogen-bond acceptors (Lipinski definition) is 5. The quantitative estimate of drug-likeness (QED) is 0.627. The number of rotatable bonds is 6. The molecule has 0 aliphatic rings. The summed E-state index contributed by atoms with van der Waals surface area (Å²) in [7, 11) is 1.76. The maximum atomic E-state index is 5.41. The number of ether oxygens (including phenoxy) is 1. The fourth-order valence-electron chi connectivity index (χ4n) is 1.97. The van der Waals surface area contributed by atoms with Crippen molar-refractivity contribution < 1.29 is 4.74 Å². The van der Waals surface area contributed by atoms with Crippen LogP contribution in [0, 0.1) is 13.8 Å². The lowest BCUT2D eigenvalue weighted by Gasteiger charge is -2.11. The largest absolute Gasteiger partial charge is 0.478 e. The van der Waals surface area contributed by atoms with E-state index in [1.54, 1.807) is 24.6 Å². The van der Waals surface area contributed by atoms with Crippen LogP contribution in [0.25, 0.3) is 0 Å². The van der Waals surface area contributed by atoms with Gasteiger partial charge in [-0.1, -0.05) is 0 Å². The number of aromatic nitrogens is 2. The van der Waals surface area contributed by atoms with Gasteiger partial charge in [-0.25, -0.2) is 9.97 Å².